The van der Waals surface area contributed by atoms with Crippen LogP contribution < -0.4 is 0 Å². The number of nitrogens with zero attached hydrogens (tertiary/aromatic N) is 1. The minimum Gasteiger partial charge on any atom is -0.293 e. The lowest BCUT2D eigenvalue weighted by Gasteiger charge is -2.30. The van der Waals surface area contributed by atoms with Crippen molar-refractivity contribution in [3.63, 3.8) is 0 Å². The molecule has 1 heteroatoms. The number of likely N-dealkylation sites (tertiary alicyclic amines) is 1. The molecule has 118 valence electrons. The molecule has 1 aromatic carbocycles. The van der Waals surface area contributed by atoms with Crippen LogP contribution in [0, 0.1) is 0 Å². The summed E-state index contributed by atoms with van der Waals surface area (Å²) < 4.78 is 0. The largest absolute Gasteiger partial charge is 0.293 e. The van der Waals surface area contributed by atoms with Gasteiger partial charge in [-0.2, -0.15) is 0 Å². The van der Waals surface area contributed by atoms with Crippen molar-refractivity contribution >= 4 is 0 Å². The summed E-state index contributed by atoms with van der Waals surface area (Å²) in [6, 6.07) is 12.7. The summed E-state index contributed by atoms with van der Waals surface area (Å²) in [5, 5.41) is 0. The SMILES string of the molecule is CCCCC[C@H]1CC[C@H](CCCC)N1Cc1ccccc1. The first kappa shape index (κ1) is 16.5. The smallest absolute Gasteiger partial charge is 0.0239 e. The van der Waals surface area contributed by atoms with Gasteiger partial charge in [0.15, 0.2) is 0 Å². The molecule has 0 spiro atoms. The highest BCUT2D eigenvalue weighted by Gasteiger charge is 2.32. The first-order valence-electron chi connectivity index (χ1n) is 9.14. The van der Waals surface area contributed by atoms with Crippen LogP contribution in [0.25, 0.3) is 0 Å². The number of hydrogen-bond donors (Lipinski definition) is 0. The zero-order valence-electron chi connectivity index (χ0n) is 14.1. The first-order chi connectivity index (χ1) is 10.3. The van der Waals surface area contributed by atoms with Crippen molar-refractivity contribution in [3.05, 3.63) is 35.9 Å². The van der Waals surface area contributed by atoms with Crippen LogP contribution in [0.5, 0.6) is 0 Å². The van der Waals surface area contributed by atoms with Gasteiger partial charge in [0, 0.05) is 18.6 Å². The lowest BCUT2D eigenvalue weighted by atomic mass is 10.1. The van der Waals surface area contributed by atoms with Crippen LogP contribution >= 0.6 is 0 Å². The van der Waals surface area contributed by atoms with Gasteiger partial charge in [-0.1, -0.05) is 76.3 Å². The molecule has 1 saturated heterocycles. The second-order valence-corrected chi connectivity index (χ2v) is 6.68. The molecule has 1 aromatic rings. The van der Waals surface area contributed by atoms with Crippen LogP contribution in [0.3, 0.4) is 0 Å². The Labute approximate surface area is 131 Å². The zero-order valence-corrected chi connectivity index (χ0v) is 14.1. The van der Waals surface area contributed by atoms with Gasteiger partial charge in [0.05, 0.1) is 0 Å². The molecule has 0 bridgehead atoms. The summed E-state index contributed by atoms with van der Waals surface area (Å²) in [7, 11) is 0. The van der Waals surface area contributed by atoms with E-state index >= 15 is 0 Å². The van der Waals surface area contributed by atoms with E-state index in [1.807, 2.05) is 0 Å². The molecule has 0 aliphatic carbocycles. The summed E-state index contributed by atoms with van der Waals surface area (Å²) in [5.41, 5.74) is 1.49. The van der Waals surface area contributed by atoms with E-state index in [9.17, 15) is 0 Å². The Morgan fingerprint density at radius 1 is 0.857 bits per heavy atom. The predicted octanol–water partition coefficient (Wildman–Crippen LogP) is 5.79. The second-order valence-electron chi connectivity index (χ2n) is 6.68. The van der Waals surface area contributed by atoms with Crippen molar-refractivity contribution < 1.29 is 0 Å². The van der Waals surface area contributed by atoms with Gasteiger partial charge in [0.25, 0.3) is 0 Å². The quantitative estimate of drug-likeness (QED) is 0.520. The van der Waals surface area contributed by atoms with Gasteiger partial charge < -0.3 is 0 Å². The average molecular weight is 287 g/mol. The number of hydrogen-bond acceptors (Lipinski definition) is 1. The highest BCUT2D eigenvalue weighted by Crippen LogP contribution is 2.32. The van der Waals surface area contributed by atoms with Crippen LogP contribution in [0.1, 0.15) is 77.2 Å². The Morgan fingerprint density at radius 2 is 1.48 bits per heavy atom. The van der Waals surface area contributed by atoms with Crippen LogP contribution in [-0.2, 0) is 6.54 Å². The molecule has 21 heavy (non-hydrogen) atoms. The fourth-order valence-corrected chi connectivity index (χ4v) is 3.76. The van der Waals surface area contributed by atoms with Crippen molar-refractivity contribution in [1.29, 1.82) is 0 Å². The molecule has 2 rings (SSSR count). The summed E-state index contributed by atoms with van der Waals surface area (Å²) in [5.74, 6) is 0. The van der Waals surface area contributed by atoms with E-state index in [0.717, 1.165) is 18.6 Å². The minimum absolute atomic E-state index is 0.830. The average Bonchev–Trinajstić information content (AvgIpc) is 2.89. The molecule has 0 saturated carbocycles. The van der Waals surface area contributed by atoms with Crippen molar-refractivity contribution in [2.75, 3.05) is 0 Å². The summed E-state index contributed by atoms with van der Waals surface area (Å²) in [6.45, 7) is 5.78. The van der Waals surface area contributed by atoms with Crippen molar-refractivity contribution in [2.24, 2.45) is 0 Å². The van der Waals surface area contributed by atoms with E-state index in [0.29, 0.717) is 0 Å². The molecule has 1 aliphatic rings. The molecule has 1 aliphatic heterocycles. The van der Waals surface area contributed by atoms with E-state index in [4.69, 9.17) is 0 Å². The Balaban J connectivity index is 1.96. The molecule has 1 nitrogen and oxygen atoms in total. The highest BCUT2D eigenvalue weighted by molar-refractivity contribution is 5.15. The van der Waals surface area contributed by atoms with E-state index < -0.39 is 0 Å². The van der Waals surface area contributed by atoms with Crippen LogP contribution in [0.2, 0.25) is 0 Å². The minimum atomic E-state index is 0.830. The molecule has 0 radical (unpaired) electrons. The molecule has 0 amide bonds. The molecule has 1 heterocycles. The Kier molecular flexibility index (Phi) is 7.29. The van der Waals surface area contributed by atoms with E-state index in [2.05, 4.69) is 49.1 Å². The van der Waals surface area contributed by atoms with E-state index in [1.165, 1.54) is 63.4 Å². The zero-order chi connectivity index (χ0) is 14.9. The fraction of sp³-hybridized carbons (Fsp3) is 0.700. The molecule has 1 fully saturated rings. The van der Waals surface area contributed by atoms with Crippen LogP contribution in [-0.4, -0.2) is 17.0 Å². The number of unbranched alkanes of at least 4 members (excludes halogenated alkanes) is 3. The van der Waals surface area contributed by atoms with Gasteiger partial charge in [-0.15, -0.1) is 0 Å². The second kappa shape index (κ2) is 9.25. The van der Waals surface area contributed by atoms with Crippen molar-refractivity contribution in [1.82, 2.24) is 4.90 Å². The molecular weight excluding hydrogens is 254 g/mol. The summed E-state index contributed by atoms with van der Waals surface area (Å²) in [4.78, 5) is 2.83. The monoisotopic (exact) mass is 287 g/mol. The third-order valence-corrected chi connectivity index (χ3v) is 5.01. The maximum atomic E-state index is 2.83. The van der Waals surface area contributed by atoms with Crippen molar-refractivity contribution in [2.45, 2.75) is 90.3 Å². The topological polar surface area (TPSA) is 3.24 Å². The lowest BCUT2D eigenvalue weighted by Crippen LogP contribution is -2.35. The maximum Gasteiger partial charge on any atom is 0.0239 e. The van der Waals surface area contributed by atoms with Gasteiger partial charge in [0.2, 0.25) is 0 Å². The third-order valence-electron chi connectivity index (χ3n) is 5.01. The van der Waals surface area contributed by atoms with Gasteiger partial charge in [-0.3, -0.25) is 4.90 Å². The normalized spacial score (nSPS) is 22.8. The molecular formula is C20H33N. The third kappa shape index (κ3) is 5.14. The lowest BCUT2D eigenvalue weighted by molar-refractivity contribution is 0.164. The number of benzene rings is 1. The Bertz CT molecular complexity index is 373. The predicted molar refractivity (Wildman–Crippen MR) is 92.5 cm³/mol. The molecule has 0 N–H and O–H groups in total. The molecule has 0 aromatic heterocycles. The first-order valence-corrected chi connectivity index (χ1v) is 9.14. The van der Waals surface area contributed by atoms with Gasteiger partial charge in [-0.05, 0) is 31.2 Å². The van der Waals surface area contributed by atoms with Gasteiger partial charge >= 0.3 is 0 Å². The summed E-state index contributed by atoms with van der Waals surface area (Å²) in [6.07, 6.45) is 12.5. The van der Waals surface area contributed by atoms with Crippen LogP contribution in [0.15, 0.2) is 30.3 Å². The van der Waals surface area contributed by atoms with Crippen molar-refractivity contribution in [3.8, 4) is 0 Å². The van der Waals surface area contributed by atoms with Crippen LogP contribution in [0.4, 0.5) is 0 Å². The highest BCUT2D eigenvalue weighted by atomic mass is 15.2. The number of rotatable bonds is 9. The summed E-state index contributed by atoms with van der Waals surface area (Å²) >= 11 is 0. The Morgan fingerprint density at radius 3 is 2.10 bits per heavy atom. The van der Waals surface area contributed by atoms with E-state index in [-0.39, 0.29) is 0 Å². The fourth-order valence-electron chi connectivity index (χ4n) is 3.76. The molecule has 2 atom stereocenters. The van der Waals surface area contributed by atoms with Gasteiger partial charge in [-0.25, -0.2) is 0 Å². The molecule has 0 unspecified atom stereocenters. The standard InChI is InChI=1S/C20H33N/c1-3-5-8-14-20-16-15-19(13-6-4-2)21(20)17-18-11-9-7-10-12-18/h7,9-12,19-20H,3-6,8,13-17H2,1-2H3/t19-,20-/m0/s1. The van der Waals surface area contributed by atoms with Gasteiger partial charge in [0.1, 0.15) is 0 Å². The Hall–Kier alpha value is -0.820. The van der Waals surface area contributed by atoms with E-state index in [1.54, 1.807) is 0 Å². The maximum absolute atomic E-state index is 2.83.